The van der Waals surface area contributed by atoms with Gasteiger partial charge in [0.1, 0.15) is 11.4 Å². The fraction of sp³-hybridized carbons (Fsp3) is 0.286. The first-order chi connectivity index (χ1) is 17.7. The molecule has 1 aromatic heterocycles. The van der Waals surface area contributed by atoms with Crippen molar-refractivity contribution < 1.29 is 18.7 Å². The van der Waals surface area contributed by atoms with Crippen molar-refractivity contribution in [1.29, 1.82) is 0 Å². The molecule has 0 spiro atoms. The van der Waals surface area contributed by atoms with E-state index < -0.39 is 22.6 Å². The van der Waals surface area contributed by atoms with E-state index in [0.717, 1.165) is 5.56 Å². The first-order valence-corrected chi connectivity index (χ1v) is 12.2. The molecule has 9 heteroatoms. The molecule has 1 unspecified atom stereocenters. The number of nitrogens with zero attached hydrogens (tertiary/aromatic N) is 2. The van der Waals surface area contributed by atoms with Crippen molar-refractivity contribution in [2.24, 2.45) is 4.99 Å². The Morgan fingerprint density at radius 3 is 2.59 bits per heavy atom. The van der Waals surface area contributed by atoms with Gasteiger partial charge in [-0.05, 0) is 74.5 Å². The van der Waals surface area contributed by atoms with E-state index >= 15 is 0 Å². The molecule has 0 bridgehead atoms. The average molecular weight is 524 g/mol. The van der Waals surface area contributed by atoms with Gasteiger partial charge < -0.3 is 9.72 Å². The van der Waals surface area contributed by atoms with E-state index in [0.29, 0.717) is 23.4 Å². The van der Waals surface area contributed by atoms with Crippen molar-refractivity contribution in [3.63, 3.8) is 0 Å². The molecule has 2 heterocycles. The number of rotatable bonds is 10. The third kappa shape index (κ3) is 6.03. The van der Waals surface area contributed by atoms with Crippen LogP contribution in [0.2, 0.25) is 5.02 Å². The third-order valence-electron chi connectivity index (χ3n) is 6.11. The van der Waals surface area contributed by atoms with Crippen molar-refractivity contribution in [2.75, 3.05) is 27.2 Å². The summed E-state index contributed by atoms with van der Waals surface area (Å²) >= 11 is 5.98. The number of benzene rings is 2. The molecule has 1 aliphatic rings. The fourth-order valence-electron chi connectivity index (χ4n) is 4.31. The lowest BCUT2D eigenvalue weighted by Crippen LogP contribution is -2.38. The lowest BCUT2D eigenvalue weighted by atomic mass is 9.84. The van der Waals surface area contributed by atoms with Crippen LogP contribution in [0.25, 0.3) is 10.9 Å². The number of allylic oxidation sites excluding steroid dienone is 1. The normalized spacial score (nSPS) is 16.6. The maximum atomic E-state index is 14.8. The molecule has 0 radical (unpaired) electrons. The van der Waals surface area contributed by atoms with Crippen LogP contribution in [0, 0.1) is 5.82 Å². The Hall–Kier alpha value is -3.62. The standard InChI is InChI=1S/C28H27ClFN3O4/c1-33(2)17-24(34)37-12-3-5-19-13-21-25(23(30)14-19)31-16-22(26(21)35)27(36)28(10-4-11-32-28)15-18-6-8-20(29)9-7-18/h4,6-11,13-14,16H,3,5,12,15,17H2,1-2H3,(H,31,35). The van der Waals surface area contributed by atoms with Gasteiger partial charge in [0, 0.05) is 29.2 Å². The molecule has 3 aromatic rings. The molecule has 2 aromatic carbocycles. The van der Waals surface area contributed by atoms with Gasteiger partial charge in [0.15, 0.2) is 11.2 Å². The number of pyridine rings is 1. The number of aromatic amines is 1. The van der Waals surface area contributed by atoms with E-state index in [-0.39, 0.29) is 42.0 Å². The Bertz CT molecular complexity index is 1430. The monoisotopic (exact) mass is 523 g/mol. The Morgan fingerprint density at radius 1 is 1.16 bits per heavy atom. The maximum absolute atomic E-state index is 14.8. The topological polar surface area (TPSA) is 91.8 Å². The number of hydrogen-bond acceptors (Lipinski definition) is 6. The zero-order valence-electron chi connectivity index (χ0n) is 20.6. The van der Waals surface area contributed by atoms with E-state index in [2.05, 4.69) is 9.98 Å². The lowest BCUT2D eigenvalue weighted by Gasteiger charge is -2.23. The lowest BCUT2D eigenvalue weighted by molar-refractivity contribution is -0.144. The van der Waals surface area contributed by atoms with Gasteiger partial charge in [0.25, 0.3) is 0 Å². The number of aryl methyl sites for hydroxylation is 1. The fourth-order valence-corrected chi connectivity index (χ4v) is 4.44. The number of likely N-dealkylation sites (N-methyl/N-ethyl adjacent to an activating group) is 1. The van der Waals surface area contributed by atoms with Crippen LogP contribution in [0.4, 0.5) is 4.39 Å². The first-order valence-electron chi connectivity index (χ1n) is 11.8. The molecule has 0 saturated carbocycles. The Labute approximate surface area is 218 Å². The number of ether oxygens (including phenoxy) is 1. The molecule has 4 rings (SSSR count). The number of esters is 1. The molecule has 192 valence electrons. The van der Waals surface area contributed by atoms with E-state index in [1.54, 1.807) is 49.3 Å². The van der Waals surface area contributed by atoms with Gasteiger partial charge in [-0.1, -0.05) is 23.7 Å². The molecular formula is C28H27ClFN3O4. The summed E-state index contributed by atoms with van der Waals surface area (Å²) < 4.78 is 20.0. The number of Topliss-reactive ketones (excluding diaryl/α,β-unsaturated/α-hetero) is 1. The molecule has 37 heavy (non-hydrogen) atoms. The number of fused-ring (bicyclic) bond motifs is 1. The summed E-state index contributed by atoms with van der Waals surface area (Å²) in [6.45, 7) is 0.355. The van der Waals surface area contributed by atoms with Gasteiger partial charge in [0.2, 0.25) is 0 Å². The van der Waals surface area contributed by atoms with Crippen molar-refractivity contribution >= 4 is 40.5 Å². The molecule has 1 atom stereocenters. The predicted octanol–water partition coefficient (Wildman–Crippen LogP) is 4.16. The van der Waals surface area contributed by atoms with Crippen LogP contribution < -0.4 is 5.43 Å². The van der Waals surface area contributed by atoms with Crippen molar-refractivity contribution in [3.05, 3.63) is 92.5 Å². The minimum atomic E-state index is -1.28. The van der Waals surface area contributed by atoms with Crippen molar-refractivity contribution in [1.82, 2.24) is 9.88 Å². The molecule has 0 saturated heterocycles. The minimum Gasteiger partial charge on any atom is -0.465 e. The van der Waals surface area contributed by atoms with Crippen LogP contribution in [-0.2, 0) is 22.4 Å². The number of halogens is 2. The van der Waals surface area contributed by atoms with E-state index in [9.17, 15) is 18.8 Å². The number of carbonyl (C=O) groups is 2. The summed E-state index contributed by atoms with van der Waals surface area (Å²) in [5.41, 5.74) is -0.514. The highest BCUT2D eigenvalue weighted by molar-refractivity contribution is 6.30. The van der Waals surface area contributed by atoms with Crippen LogP contribution in [0.5, 0.6) is 0 Å². The summed E-state index contributed by atoms with van der Waals surface area (Å²) in [5, 5.41) is 0.656. The quantitative estimate of drug-likeness (QED) is 0.245. The summed E-state index contributed by atoms with van der Waals surface area (Å²) in [5.74, 6) is -1.41. The largest absolute Gasteiger partial charge is 0.465 e. The Morgan fingerprint density at radius 2 is 1.92 bits per heavy atom. The smallest absolute Gasteiger partial charge is 0.320 e. The number of H-pyrrole nitrogens is 1. The van der Waals surface area contributed by atoms with Gasteiger partial charge in [-0.3, -0.25) is 24.3 Å². The van der Waals surface area contributed by atoms with Crippen LogP contribution in [-0.4, -0.2) is 60.6 Å². The van der Waals surface area contributed by atoms with E-state index in [1.807, 2.05) is 12.1 Å². The minimum absolute atomic E-state index is 0.0277. The zero-order chi connectivity index (χ0) is 26.6. The second-order valence-electron chi connectivity index (χ2n) is 9.29. The second-order valence-corrected chi connectivity index (χ2v) is 9.72. The van der Waals surface area contributed by atoms with Crippen LogP contribution in [0.15, 0.2) is 64.5 Å². The number of aromatic nitrogens is 1. The summed E-state index contributed by atoms with van der Waals surface area (Å²) in [7, 11) is 3.54. The molecule has 0 amide bonds. The molecule has 0 fully saturated rings. The van der Waals surface area contributed by atoms with Gasteiger partial charge >= 0.3 is 5.97 Å². The highest BCUT2D eigenvalue weighted by atomic mass is 35.5. The van der Waals surface area contributed by atoms with Crippen molar-refractivity contribution in [2.45, 2.75) is 24.8 Å². The second kappa shape index (κ2) is 11.2. The SMILES string of the molecule is CN(C)CC(=O)OCCCc1cc(F)c2[nH]cc(C(=O)C3(Cc4ccc(Cl)cc4)C=CC=N3)c(=O)c2c1. The number of carbonyl (C=O) groups excluding carboxylic acids is 2. The van der Waals surface area contributed by atoms with Gasteiger partial charge in [-0.2, -0.15) is 0 Å². The van der Waals surface area contributed by atoms with Gasteiger partial charge in [-0.25, -0.2) is 4.39 Å². The van der Waals surface area contributed by atoms with Crippen LogP contribution in [0.1, 0.15) is 27.9 Å². The van der Waals surface area contributed by atoms with Crippen LogP contribution >= 0.6 is 11.6 Å². The number of nitrogens with one attached hydrogen (secondary N) is 1. The molecule has 7 nitrogen and oxygen atoms in total. The zero-order valence-corrected chi connectivity index (χ0v) is 21.3. The van der Waals surface area contributed by atoms with E-state index in [4.69, 9.17) is 16.3 Å². The third-order valence-corrected chi connectivity index (χ3v) is 6.36. The van der Waals surface area contributed by atoms with Crippen LogP contribution in [0.3, 0.4) is 0 Å². The highest BCUT2D eigenvalue weighted by Gasteiger charge is 2.39. The average Bonchev–Trinajstić information content (AvgIpc) is 3.33. The highest BCUT2D eigenvalue weighted by Crippen LogP contribution is 2.28. The summed E-state index contributed by atoms with van der Waals surface area (Å²) in [4.78, 5) is 47.7. The Balaban J connectivity index is 1.58. The predicted molar refractivity (Wildman–Crippen MR) is 142 cm³/mol. The molecule has 1 aliphatic heterocycles. The van der Waals surface area contributed by atoms with Crippen molar-refractivity contribution in [3.8, 4) is 0 Å². The maximum Gasteiger partial charge on any atom is 0.320 e. The number of aliphatic imine (C=N–C) groups is 1. The number of hydrogen-bond donors (Lipinski definition) is 1. The molecule has 0 aliphatic carbocycles. The first kappa shape index (κ1) is 26.4. The van der Waals surface area contributed by atoms with Gasteiger partial charge in [0.05, 0.1) is 24.2 Å². The summed E-state index contributed by atoms with van der Waals surface area (Å²) in [6, 6.07) is 10.00. The molecular weight excluding hydrogens is 497 g/mol. The number of ketones is 1. The van der Waals surface area contributed by atoms with E-state index in [1.165, 1.54) is 18.5 Å². The molecule has 1 N–H and O–H groups in total. The van der Waals surface area contributed by atoms with Gasteiger partial charge in [-0.15, -0.1) is 0 Å². The summed E-state index contributed by atoms with van der Waals surface area (Å²) in [6.07, 6.45) is 7.23. The Kier molecular flexibility index (Phi) is 8.00.